The van der Waals surface area contributed by atoms with E-state index in [2.05, 4.69) is 32.8 Å². The van der Waals surface area contributed by atoms with Crippen LogP contribution in [0.25, 0.3) is 0 Å². The van der Waals surface area contributed by atoms with Gasteiger partial charge in [0.15, 0.2) is 9.84 Å². The number of carbonyl (C=O) groups excluding carboxylic acids is 2. The number of carbonyl (C=O) groups is 2. The van der Waals surface area contributed by atoms with Crippen LogP contribution in [0.2, 0.25) is 0 Å². The number of nitrogens with one attached hydrogen (secondary N) is 2. The first-order chi connectivity index (χ1) is 15.3. The van der Waals surface area contributed by atoms with Crippen LogP contribution in [0.5, 0.6) is 0 Å². The number of amides is 2. The second kappa shape index (κ2) is 11.1. The summed E-state index contributed by atoms with van der Waals surface area (Å²) in [6.07, 6.45) is 0.0330. The third kappa shape index (κ3) is 7.06. The molecule has 1 heterocycles. The first-order valence-electron chi connectivity index (χ1n) is 10.7. The Morgan fingerprint density at radius 1 is 0.844 bits per heavy atom. The Kier molecular flexibility index (Phi) is 8.24. The molecule has 0 aromatic heterocycles. The van der Waals surface area contributed by atoms with E-state index >= 15 is 0 Å². The molecule has 8 nitrogen and oxygen atoms in total. The fourth-order valence-corrected chi connectivity index (χ4v) is 4.72. The number of piperazine rings is 1. The lowest BCUT2D eigenvalue weighted by molar-refractivity contribution is -0.128. The molecule has 1 saturated heterocycles. The predicted molar refractivity (Wildman–Crippen MR) is 124 cm³/mol. The van der Waals surface area contributed by atoms with Gasteiger partial charge in [-0.15, -0.1) is 0 Å². The second-order valence-corrected chi connectivity index (χ2v) is 10.0. The van der Waals surface area contributed by atoms with Gasteiger partial charge in [-0.05, 0) is 31.2 Å². The Morgan fingerprint density at radius 3 is 2.06 bits per heavy atom. The van der Waals surface area contributed by atoms with Gasteiger partial charge in [0.1, 0.15) is 0 Å². The average molecular weight is 459 g/mol. The second-order valence-electron chi connectivity index (χ2n) is 7.89. The van der Waals surface area contributed by atoms with Gasteiger partial charge in [-0.3, -0.25) is 25.3 Å². The molecule has 0 bridgehead atoms. The van der Waals surface area contributed by atoms with Crippen molar-refractivity contribution < 1.29 is 18.0 Å². The van der Waals surface area contributed by atoms with Crippen LogP contribution in [0, 0.1) is 6.92 Å². The molecule has 0 aliphatic carbocycles. The van der Waals surface area contributed by atoms with E-state index in [1.54, 1.807) is 12.1 Å². The molecular formula is C23H30N4O4S. The topological polar surface area (TPSA) is 98.8 Å². The van der Waals surface area contributed by atoms with E-state index in [9.17, 15) is 18.0 Å². The lowest BCUT2D eigenvalue weighted by atomic mass is 10.2. The highest BCUT2D eigenvalue weighted by Gasteiger charge is 2.19. The van der Waals surface area contributed by atoms with Crippen LogP contribution in [0.4, 0.5) is 5.69 Å². The van der Waals surface area contributed by atoms with E-state index in [0.29, 0.717) is 6.54 Å². The van der Waals surface area contributed by atoms with Crippen LogP contribution in [0.1, 0.15) is 18.4 Å². The van der Waals surface area contributed by atoms with Gasteiger partial charge in [-0.1, -0.05) is 35.9 Å². The first-order valence-corrected chi connectivity index (χ1v) is 12.4. The maximum absolute atomic E-state index is 12.3. The van der Waals surface area contributed by atoms with Gasteiger partial charge in [-0.2, -0.15) is 0 Å². The Balaban J connectivity index is 1.32. The zero-order valence-electron chi connectivity index (χ0n) is 18.3. The summed E-state index contributed by atoms with van der Waals surface area (Å²) >= 11 is 0. The number of benzene rings is 2. The highest BCUT2D eigenvalue weighted by molar-refractivity contribution is 7.91. The minimum atomic E-state index is -3.54. The summed E-state index contributed by atoms with van der Waals surface area (Å²) in [7, 11) is -3.54. The Labute approximate surface area is 189 Å². The van der Waals surface area contributed by atoms with Gasteiger partial charge in [0, 0.05) is 51.3 Å². The van der Waals surface area contributed by atoms with Crippen molar-refractivity contribution in [2.75, 3.05) is 43.4 Å². The van der Waals surface area contributed by atoms with Gasteiger partial charge in [0.25, 0.3) is 0 Å². The number of para-hydroxylation sites is 1. The van der Waals surface area contributed by atoms with Gasteiger partial charge < -0.3 is 4.90 Å². The van der Waals surface area contributed by atoms with Crippen molar-refractivity contribution in [3.8, 4) is 0 Å². The summed E-state index contributed by atoms with van der Waals surface area (Å²) in [5.74, 6) is -1.15. The third-order valence-corrected chi connectivity index (χ3v) is 7.20. The van der Waals surface area contributed by atoms with Crippen molar-refractivity contribution in [2.45, 2.75) is 24.7 Å². The number of sulfone groups is 1. The lowest BCUT2D eigenvalue weighted by Gasteiger charge is -2.36. The molecule has 1 fully saturated rings. The maximum atomic E-state index is 12.3. The number of hydrazine groups is 1. The summed E-state index contributed by atoms with van der Waals surface area (Å²) < 4.78 is 24.6. The molecule has 2 N–H and O–H groups in total. The molecule has 32 heavy (non-hydrogen) atoms. The number of hydrogen-bond donors (Lipinski definition) is 2. The molecule has 172 valence electrons. The Morgan fingerprint density at radius 2 is 1.44 bits per heavy atom. The van der Waals surface area contributed by atoms with E-state index in [1.165, 1.54) is 17.8 Å². The molecular weight excluding hydrogens is 428 g/mol. The van der Waals surface area contributed by atoms with Crippen molar-refractivity contribution in [3.63, 3.8) is 0 Å². The summed E-state index contributed by atoms with van der Waals surface area (Å²) in [6, 6.07) is 16.7. The van der Waals surface area contributed by atoms with E-state index in [1.807, 2.05) is 25.1 Å². The summed E-state index contributed by atoms with van der Waals surface area (Å²) in [5.41, 5.74) is 6.84. The molecule has 0 saturated carbocycles. The number of anilines is 1. The van der Waals surface area contributed by atoms with Crippen LogP contribution < -0.4 is 15.8 Å². The van der Waals surface area contributed by atoms with E-state index in [0.717, 1.165) is 31.7 Å². The minimum Gasteiger partial charge on any atom is -0.369 e. The number of rotatable bonds is 8. The van der Waals surface area contributed by atoms with Crippen LogP contribution in [0.15, 0.2) is 59.5 Å². The first kappa shape index (κ1) is 23.7. The quantitative estimate of drug-likeness (QED) is 0.582. The van der Waals surface area contributed by atoms with Gasteiger partial charge in [0.2, 0.25) is 11.8 Å². The monoisotopic (exact) mass is 458 g/mol. The van der Waals surface area contributed by atoms with Crippen LogP contribution in [-0.4, -0.2) is 63.6 Å². The average Bonchev–Trinajstić information content (AvgIpc) is 2.81. The molecule has 2 amide bonds. The van der Waals surface area contributed by atoms with Crippen LogP contribution in [0.3, 0.4) is 0 Å². The smallest absolute Gasteiger partial charge is 0.239 e. The third-order valence-electron chi connectivity index (χ3n) is 5.47. The van der Waals surface area contributed by atoms with E-state index < -0.39 is 15.7 Å². The molecule has 0 radical (unpaired) electrons. The largest absolute Gasteiger partial charge is 0.369 e. The highest BCUT2D eigenvalue weighted by Crippen LogP contribution is 2.15. The zero-order chi connectivity index (χ0) is 23.0. The van der Waals surface area contributed by atoms with E-state index in [-0.39, 0.29) is 29.4 Å². The van der Waals surface area contributed by atoms with Crippen molar-refractivity contribution >= 4 is 27.3 Å². The molecule has 1 aliphatic rings. The number of hydrogen-bond acceptors (Lipinski definition) is 6. The molecule has 0 unspecified atom stereocenters. The molecule has 2 aromatic rings. The lowest BCUT2D eigenvalue weighted by Crippen LogP contribution is -2.48. The van der Waals surface area contributed by atoms with Crippen LogP contribution >= 0.6 is 0 Å². The summed E-state index contributed by atoms with van der Waals surface area (Å²) in [4.78, 5) is 28.7. The van der Waals surface area contributed by atoms with Crippen molar-refractivity contribution in [3.05, 3.63) is 60.2 Å². The summed E-state index contributed by atoms with van der Waals surface area (Å²) in [5, 5.41) is 0. The van der Waals surface area contributed by atoms with Crippen molar-refractivity contribution in [1.29, 1.82) is 0 Å². The Hall–Kier alpha value is -2.91. The molecule has 2 aromatic carbocycles. The fraction of sp³-hybridized carbons (Fsp3) is 0.391. The zero-order valence-corrected chi connectivity index (χ0v) is 19.1. The molecule has 1 aliphatic heterocycles. The predicted octanol–water partition coefficient (Wildman–Crippen LogP) is 1.52. The van der Waals surface area contributed by atoms with Gasteiger partial charge >= 0.3 is 0 Å². The molecule has 0 atom stereocenters. The van der Waals surface area contributed by atoms with Gasteiger partial charge in [0.05, 0.1) is 10.6 Å². The molecule has 0 spiro atoms. The van der Waals surface area contributed by atoms with Gasteiger partial charge in [-0.25, -0.2) is 8.42 Å². The number of nitrogens with zero attached hydrogens (tertiary/aromatic N) is 2. The highest BCUT2D eigenvalue weighted by atomic mass is 32.2. The minimum absolute atomic E-state index is 0.187. The van der Waals surface area contributed by atoms with Crippen molar-refractivity contribution in [2.24, 2.45) is 0 Å². The summed E-state index contributed by atoms with van der Waals surface area (Å²) in [6.45, 7) is 6.01. The standard InChI is InChI=1S/C23H30N4O4S/c1-19-7-9-21(10-8-19)32(30,31)18-12-23(29)25-24-22(28)11-13-26-14-16-27(17-15-26)20-5-3-2-4-6-20/h2-10H,11-18H2,1H3,(H,24,28)(H,25,29). The van der Waals surface area contributed by atoms with Crippen molar-refractivity contribution in [1.82, 2.24) is 15.8 Å². The normalized spacial score (nSPS) is 14.7. The Bertz CT molecular complexity index is 1000. The molecule has 3 rings (SSSR count). The van der Waals surface area contributed by atoms with Crippen LogP contribution in [-0.2, 0) is 19.4 Å². The van der Waals surface area contributed by atoms with E-state index in [4.69, 9.17) is 0 Å². The molecule has 9 heteroatoms. The maximum Gasteiger partial charge on any atom is 0.239 e. The SMILES string of the molecule is Cc1ccc(S(=O)(=O)CCC(=O)NNC(=O)CCN2CCN(c3ccccc3)CC2)cc1. The fourth-order valence-electron chi connectivity index (χ4n) is 3.48. The number of aryl methyl sites for hydroxylation is 1.